The van der Waals surface area contributed by atoms with Crippen LogP contribution in [0.4, 0.5) is 4.79 Å². The lowest BCUT2D eigenvalue weighted by molar-refractivity contribution is 0.0877. The van der Waals surface area contributed by atoms with Crippen molar-refractivity contribution in [2.75, 3.05) is 0 Å². The molecule has 2 aromatic heterocycles. The summed E-state index contributed by atoms with van der Waals surface area (Å²) in [6.07, 6.45) is 2.84. The predicted octanol–water partition coefficient (Wildman–Crippen LogP) is 4.00. The van der Waals surface area contributed by atoms with Gasteiger partial charge in [0.05, 0.1) is 6.26 Å². The Morgan fingerprint density at radius 3 is 2.68 bits per heavy atom. The standard InChI is InChI=1S/C20H21N3O5/c1-2-3-10-15(21-20(25)27-13-14-8-5-4-6-9-14)17(24)19-23-22-18(28-19)16-11-7-12-26-16/h4-9,11-12,15H,2-3,10,13H2,1H3,(H,21,25)/t15-/m0/s1. The minimum Gasteiger partial charge on any atom is -0.459 e. The van der Waals surface area contributed by atoms with Gasteiger partial charge in [0.1, 0.15) is 12.6 Å². The molecule has 1 aromatic carbocycles. The molecule has 1 atom stereocenters. The highest BCUT2D eigenvalue weighted by atomic mass is 16.5. The molecule has 28 heavy (non-hydrogen) atoms. The number of amides is 1. The number of benzene rings is 1. The number of ketones is 1. The van der Waals surface area contributed by atoms with Gasteiger partial charge in [0.25, 0.3) is 11.8 Å². The fourth-order valence-electron chi connectivity index (χ4n) is 2.56. The molecule has 3 rings (SSSR count). The third kappa shape index (κ3) is 5.06. The number of Topliss-reactive ketones (excluding diaryl/α,β-unsaturated/α-hetero) is 1. The van der Waals surface area contributed by atoms with Crippen LogP contribution in [-0.4, -0.2) is 28.1 Å². The van der Waals surface area contributed by atoms with Crippen molar-refractivity contribution in [3.8, 4) is 11.7 Å². The molecule has 3 aromatic rings. The number of ether oxygens (including phenoxy) is 1. The van der Waals surface area contributed by atoms with E-state index in [1.165, 1.54) is 6.26 Å². The number of carbonyl (C=O) groups is 2. The summed E-state index contributed by atoms with van der Waals surface area (Å²) >= 11 is 0. The fourth-order valence-corrected chi connectivity index (χ4v) is 2.56. The molecule has 0 spiro atoms. The third-order valence-electron chi connectivity index (χ3n) is 4.04. The average Bonchev–Trinajstić information content (AvgIpc) is 3.41. The number of furan rings is 1. The normalized spacial score (nSPS) is 11.8. The number of alkyl carbamates (subject to hydrolysis) is 1. The molecule has 0 fully saturated rings. The van der Waals surface area contributed by atoms with E-state index in [2.05, 4.69) is 15.5 Å². The Bertz CT molecular complexity index is 890. The van der Waals surface area contributed by atoms with E-state index in [4.69, 9.17) is 13.6 Å². The highest BCUT2D eigenvalue weighted by Crippen LogP contribution is 2.19. The average molecular weight is 383 g/mol. The summed E-state index contributed by atoms with van der Waals surface area (Å²) in [5.74, 6) is -0.174. The lowest BCUT2D eigenvalue weighted by atomic mass is 10.1. The first-order valence-electron chi connectivity index (χ1n) is 9.06. The Balaban J connectivity index is 1.63. The molecule has 8 nitrogen and oxygen atoms in total. The molecule has 0 saturated carbocycles. The Hall–Kier alpha value is -3.42. The number of nitrogens with zero attached hydrogens (tertiary/aromatic N) is 2. The van der Waals surface area contributed by atoms with E-state index in [1.54, 1.807) is 12.1 Å². The van der Waals surface area contributed by atoms with Crippen LogP contribution in [0, 0.1) is 0 Å². The molecule has 0 radical (unpaired) electrons. The molecule has 0 bridgehead atoms. The summed E-state index contributed by atoms with van der Waals surface area (Å²) in [5, 5.41) is 10.2. The number of nitrogens with one attached hydrogen (secondary N) is 1. The van der Waals surface area contributed by atoms with Crippen molar-refractivity contribution in [3.05, 3.63) is 60.2 Å². The van der Waals surface area contributed by atoms with Crippen LogP contribution in [0.15, 0.2) is 57.6 Å². The van der Waals surface area contributed by atoms with Gasteiger partial charge in [-0.2, -0.15) is 0 Å². The van der Waals surface area contributed by atoms with Crippen molar-refractivity contribution in [2.24, 2.45) is 0 Å². The zero-order valence-electron chi connectivity index (χ0n) is 15.5. The molecule has 8 heteroatoms. The van der Waals surface area contributed by atoms with Crippen LogP contribution in [0.2, 0.25) is 0 Å². The largest absolute Gasteiger partial charge is 0.459 e. The van der Waals surface area contributed by atoms with Crippen LogP contribution >= 0.6 is 0 Å². The van der Waals surface area contributed by atoms with E-state index in [9.17, 15) is 9.59 Å². The zero-order valence-corrected chi connectivity index (χ0v) is 15.5. The second kappa shape index (κ2) is 9.50. The van der Waals surface area contributed by atoms with Crippen LogP contribution in [0.5, 0.6) is 0 Å². The molecule has 1 N–H and O–H groups in total. The summed E-state index contributed by atoms with van der Waals surface area (Å²) in [4.78, 5) is 24.9. The summed E-state index contributed by atoms with van der Waals surface area (Å²) in [6, 6.07) is 11.8. The molecule has 2 heterocycles. The van der Waals surface area contributed by atoms with Gasteiger partial charge in [-0.15, -0.1) is 10.2 Å². The number of rotatable bonds is 9. The molecule has 146 valence electrons. The Kier molecular flexibility index (Phi) is 6.56. The monoisotopic (exact) mass is 383 g/mol. The quantitative estimate of drug-likeness (QED) is 0.556. The van der Waals surface area contributed by atoms with Crippen molar-refractivity contribution in [3.63, 3.8) is 0 Å². The Morgan fingerprint density at radius 1 is 1.14 bits per heavy atom. The first-order chi connectivity index (χ1) is 13.7. The maximum absolute atomic E-state index is 12.7. The molecule has 0 aliphatic rings. The van der Waals surface area contributed by atoms with E-state index < -0.39 is 17.9 Å². The van der Waals surface area contributed by atoms with E-state index in [1.807, 2.05) is 37.3 Å². The van der Waals surface area contributed by atoms with Gasteiger partial charge in [-0.1, -0.05) is 50.1 Å². The molecule has 0 saturated heterocycles. The van der Waals surface area contributed by atoms with Crippen LogP contribution in [0.3, 0.4) is 0 Å². The number of carbonyl (C=O) groups excluding carboxylic acids is 2. The highest BCUT2D eigenvalue weighted by Gasteiger charge is 2.27. The minimum absolute atomic E-state index is 0.106. The van der Waals surface area contributed by atoms with Gasteiger partial charge in [-0.25, -0.2) is 4.79 Å². The van der Waals surface area contributed by atoms with Crippen LogP contribution in [0.1, 0.15) is 42.4 Å². The summed E-state index contributed by atoms with van der Waals surface area (Å²) < 4.78 is 15.8. The topological polar surface area (TPSA) is 107 Å². The van der Waals surface area contributed by atoms with E-state index in [0.717, 1.165) is 18.4 Å². The van der Waals surface area contributed by atoms with Gasteiger partial charge in [0.2, 0.25) is 5.78 Å². The van der Waals surface area contributed by atoms with E-state index >= 15 is 0 Å². The molecule has 0 unspecified atom stereocenters. The molecular weight excluding hydrogens is 362 g/mol. The van der Waals surface area contributed by atoms with Crippen LogP contribution < -0.4 is 5.32 Å². The maximum atomic E-state index is 12.7. The van der Waals surface area contributed by atoms with Gasteiger partial charge < -0.3 is 18.9 Å². The van der Waals surface area contributed by atoms with Gasteiger partial charge in [0.15, 0.2) is 5.76 Å². The fraction of sp³-hybridized carbons (Fsp3) is 0.300. The predicted molar refractivity (Wildman–Crippen MR) is 99.4 cm³/mol. The lowest BCUT2D eigenvalue weighted by Gasteiger charge is -2.15. The van der Waals surface area contributed by atoms with Crippen molar-refractivity contribution in [1.29, 1.82) is 0 Å². The van der Waals surface area contributed by atoms with Crippen molar-refractivity contribution in [2.45, 2.75) is 38.8 Å². The maximum Gasteiger partial charge on any atom is 0.408 e. The van der Waals surface area contributed by atoms with Crippen LogP contribution in [0.25, 0.3) is 11.7 Å². The van der Waals surface area contributed by atoms with E-state index in [-0.39, 0.29) is 18.4 Å². The SMILES string of the molecule is CCCC[C@H](NC(=O)OCc1ccccc1)C(=O)c1nnc(-c2ccco2)o1. The Morgan fingerprint density at radius 2 is 1.96 bits per heavy atom. The first kappa shape index (κ1) is 19.3. The second-order valence-electron chi connectivity index (χ2n) is 6.15. The summed E-state index contributed by atoms with van der Waals surface area (Å²) in [5.41, 5.74) is 0.856. The number of hydrogen-bond acceptors (Lipinski definition) is 7. The van der Waals surface area contributed by atoms with Gasteiger partial charge in [-0.3, -0.25) is 4.79 Å². The zero-order chi connectivity index (χ0) is 19.8. The Labute approximate surface area is 161 Å². The van der Waals surface area contributed by atoms with Crippen LogP contribution in [-0.2, 0) is 11.3 Å². The highest BCUT2D eigenvalue weighted by molar-refractivity contribution is 5.97. The smallest absolute Gasteiger partial charge is 0.408 e. The van der Waals surface area contributed by atoms with Crippen molar-refractivity contribution in [1.82, 2.24) is 15.5 Å². The molecule has 0 aliphatic heterocycles. The summed E-state index contributed by atoms with van der Waals surface area (Å²) in [6.45, 7) is 2.11. The minimum atomic E-state index is -0.812. The lowest BCUT2D eigenvalue weighted by Crippen LogP contribution is -2.41. The van der Waals surface area contributed by atoms with Gasteiger partial charge in [-0.05, 0) is 24.1 Å². The van der Waals surface area contributed by atoms with Gasteiger partial charge in [0, 0.05) is 0 Å². The van der Waals surface area contributed by atoms with E-state index in [0.29, 0.717) is 12.2 Å². The molecule has 1 amide bonds. The second-order valence-corrected chi connectivity index (χ2v) is 6.15. The molecule has 0 aliphatic carbocycles. The number of unbranched alkanes of at least 4 members (excludes halogenated alkanes) is 1. The molecular formula is C20H21N3O5. The number of hydrogen-bond donors (Lipinski definition) is 1. The van der Waals surface area contributed by atoms with Crippen molar-refractivity contribution < 1.29 is 23.2 Å². The first-order valence-corrected chi connectivity index (χ1v) is 9.06. The number of aromatic nitrogens is 2. The third-order valence-corrected chi connectivity index (χ3v) is 4.04. The summed E-state index contributed by atoms with van der Waals surface area (Å²) in [7, 11) is 0. The van der Waals surface area contributed by atoms with Crippen molar-refractivity contribution >= 4 is 11.9 Å². The van der Waals surface area contributed by atoms with Gasteiger partial charge >= 0.3 is 6.09 Å².